The predicted octanol–water partition coefficient (Wildman–Crippen LogP) is 5.45. The average molecular weight is 532 g/mol. The normalized spacial score (nSPS) is 15.9. The van der Waals surface area contributed by atoms with E-state index in [1.165, 1.54) is 24.4 Å². The molecule has 2 amide bonds. The average Bonchev–Trinajstić information content (AvgIpc) is 3.52. The molecule has 0 bridgehead atoms. The van der Waals surface area contributed by atoms with Crippen LogP contribution >= 0.6 is 0 Å². The lowest BCUT2D eigenvalue weighted by Gasteiger charge is -2.27. The van der Waals surface area contributed by atoms with E-state index in [4.69, 9.17) is 9.15 Å². The molecule has 1 saturated heterocycles. The van der Waals surface area contributed by atoms with Crippen LogP contribution in [0.1, 0.15) is 43.4 Å². The van der Waals surface area contributed by atoms with Crippen LogP contribution < -0.4 is 10.2 Å². The summed E-state index contributed by atoms with van der Waals surface area (Å²) in [7, 11) is 1.83. The Morgan fingerprint density at radius 3 is 2.45 bits per heavy atom. The van der Waals surface area contributed by atoms with Gasteiger partial charge in [-0.15, -0.1) is 0 Å². The number of anilines is 2. The monoisotopic (exact) mass is 531 g/mol. The van der Waals surface area contributed by atoms with Gasteiger partial charge in [0, 0.05) is 31.7 Å². The summed E-state index contributed by atoms with van der Waals surface area (Å²) in [6, 6.07) is 11.2. The van der Waals surface area contributed by atoms with Crippen LogP contribution in [-0.2, 0) is 10.9 Å². The van der Waals surface area contributed by atoms with Crippen molar-refractivity contribution in [1.29, 1.82) is 0 Å². The fourth-order valence-corrected chi connectivity index (χ4v) is 3.97. The summed E-state index contributed by atoms with van der Waals surface area (Å²) in [5, 5.41) is 2.40. The van der Waals surface area contributed by atoms with E-state index in [-0.39, 0.29) is 23.7 Å². The molecular weight excluding hydrogens is 503 g/mol. The quantitative estimate of drug-likeness (QED) is 0.467. The minimum Gasteiger partial charge on any atom is -0.444 e. The standard InChI is InChI=1S/C26H28F3N5O4/c1-25(2,3)38-24(36)34-13-12-18(15-34)33(4)19-11-10-17(14-30-19)31-22(35)20-21(26(27,28)29)37-23(32-20)16-8-6-5-7-9-16/h5-11,14,18H,12-13,15H2,1-4H3,(H,31,35)/t18-/m0/s1. The van der Waals surface area contributed by atoms with E-state index in [9.17, 15) is 22.8 Å². The van der Waals surface area contributed by atoms with E-state index in [1.807, 2.05) is 32.7 Å². The van der Waals surface area contributed by atoms with Crippen LogP contribution in [-0.4, -0.2) is 58.6 Å². The molecule has 0 spiro atoms. The number of hydrogen-bond acceptors (Lipinski definition) is 7. The van der Waals surface area contributed by atoms with Gasteiger partial charge in [0.2, 0.25) is 11.7 Å². The minimum atomic E-state index is -4.91. The fourth-order valence-electron chi connectivity index (χ4n) is 3.97. The van der Waals surface area contributed by atoms with Crippen molar-refractivity contribution >= 4 is 23.5 Å². The van der Waals surface area contributed by atoms with Gasteiger partial charge in [0.25, 0.3) is 5.91 Å². The largest absolute Gasteiger partial charge is 0.452 e. The number of nitrogens with one attached hydrogen (secondary N) is 1. The van der Waals surface area contributed by atoms with E-state index < -0.39 is 29.1 Å². The first kappa shape index (κ1) is 27.0. The molecule has 4 rings (SSSR count). The van der Waals surface area contributed by atoms with Crippen LogP contribution in [0.4, 0.5) is 29.5 Å². The predicted molar refractivity (Wildman–Crippen MR) is 134 cm³/mol. The first-order valence-electron chi connectivity index (χ1n) is 11.9. The van der Waals surface area contributed by atoms with Gasteiger partial charge in [-0.1, -0.05) is 18.2 Å². The van der Waals surface area contributed by atoms with Gasteiger partial charge >= 0.3 is 12.3 Å². The Bertz CT molecular complexity index is 1290. The number of rotatable bonds is 5. The number of carbonyl (C=O) groups is 2. The van der Waals surface area contributed by atoms with E-state index >= 15 is 0 Å². The number of halogens is 3. The van der Waals surface area contributed by atoms with Gasteiger partial charge < -0.3 is 24.3 Å². The van der Waals surface area contributed by atoms with Crippen LogP contribution in [0.2, 0.25) is 0 Å². The van der Waals surface area contributed by atoms with E-state index in [2.05, 4.69) is 15.3 Å². The summed E-state index contributed by atoms with van der Waals surface area (Å²) >= 11 is 0. The number of alkyl halides is 3. The van der Waals surface area contributed by atoms with Gasteiger partial charge in [0.1, 0.15) is 11.4 Å². The summed E-state index contributed by atoms with van der Waals surface area (Å²) in [6.07, 6.45) is -3.23. The fraction of sp³-hybridized carbons (Fsp3) is 0.385. The van der Waals surface area contributed by atoms with Gasteiger partial charge in [-0.25, -0.2) is 14.8 Å². The van der Waals surface area contributed by atoms with Gasteiger partial charge in [-0.05, 0) is 51.5 Å². The Morgan fingerprint density at radius 2 is 1.84 bits per heavy atom. The van der Waals surface area contributed by atoms with Crippen molar-refractivity contribution in [3.8, 4) is 11.5 Å². The van der Waals surface area contributed by atoms with Crippen LogP contribution in [0, 0.1) is 0 Å². The molecule has 202 valence electrons. The smallest absolute Gasteiger partial charge is 0.444 e. The van der Waals surface area contributed by atoms with Crippen molar-refractivity contribution in [1.82, 2.24) is 14.9 Å². The summed E-state index contributed by atoms with van der Waals surface area (Å²) in [5.74, 6) is -2.29. The molecule has 0 unspecified atom stereocenters. The molecule has 1 fully saturated rings. The minimum absolute atomic E-state index is 0.00339. The highest BCUT2D eigenvalue weighted by molar-refractivity contribution is 6.04. The van der Waals surface area contributed by atoms with E-state index in [1.54, 1.807) is 29.2 Å². The molecule has 1 aliphatic rings. The van der Waals surface area contributed by atoms with Crippen molar-refractivity contribution in [3.05, 3.63) is 60.1 Å². The Labute approximate surface area is 217 Å². The van der Waals surface area contributed by atoms with Gasteiger partial charge in [0.05, 0.1) is 11.9 Å². The van der Waals surface area contributed by atoms with Crippen LogP contribution in [0.15, 0.2) is 53.1 Å². The zero-order valence-electron chi connectivity index (χ0n) is 21.4. The number of hydrogen-bond donors (Lipinski definition) is 1. The summed E-state index contributed by atoms with van der Waals surface area (Å²) in [5.41, 5.74) is -0.959. The number of nitrogens with zero attached hydrogens (tertiary/aromatic N) is 4. The second kappa shape index (κ2) is 10.3. The highest BCUT2D eigenvalue weighted by Gasteiger charge is 2.42. The molecule has 12 heteroatoms. The van der Waals surface area contributed by atoms with Crippen molar-refractivity contribution < 1.29 is 31.9 Å². The molecule has 3 heterocycles. The molecule has 0 aliphatic carbocycles. The number of pyridine rings is 1. The number of oxazole rings is 1. The molecule has 1 N–H and O–H groups in total. The molecule has 0 radical (unpaired) electrons. The molecule has 9 nitrogen and oxygen atoms in total. The molecule has 2 aromatic heterocycles. The third kappa shape index (κ3) is 6.24. The zero-order valence-corrected chi connectivity index (χ0v) is 21.4. The summed E-state index contributed by atoms with van der Waals surface area (Å²) in [6.45, 7) is 6.43. The molecule has 1 aromatic carbocycles. The lowest BCUT2D eigenvalue weighted by Crippen LogP contribution is -2.39. The van der Waals surface area contributed by atoms with Crippen molar-refractivity contribution in [3.63, 3.8) is 0 Å². The van der Waals surface area contributed by atoms with Crippen LogP contribution in [0.25, 0.3) is 11.5 Å². The molecular formula is C26H28F3N5O4. The second-order valence-corrected chi connectivity index (χ2v) is 9.90. The van der Waals surface area contributed by atoms with Crippen LogP contribution in [0.5, 0.6) is 0 Å². The Morgan fingerprint density at radius 1 is 1.13 bits per heavy atom. The Kier molecular flexibility index (Phi) is 7.34. The van der Waals surface area contributed by atoms with E-state index in [0.29, 0.717) is 30.9 Å². The number of benzene rings is 1. The lowest BCUT2D eigenvalue weighted by molar-refractivity contribution is -0.153. The highest BCUT2D eigenvalue weighted by atomic mass is 19.4. The lowest BCUT2D eigenvalue weighted by atomic mass is 10.2. The SMILES string of the molecule is CN(c1ccc(NC(=O)c2nc(-c3ccccc3)oc2C(F)(F)F)cn1)[C@H]1CCN(C(=O)OC(C)(C)C)C1. The number of aromatic nitrogens is 2. The molecule has 1 aliphatic heterocycles. The third-order valence-electron chi connectivity index (χ3n) is 5.85. The number of likely N-dealkylation sites (tertiary alicyclic amines) is 1. The van der Waals surface area contributed by atoms with Gasteiger partial charge in [0.15, 0.2) is 5.69 Å². The van der Waals surface area contributed by atoms with Crippen LogP contribution in [0.3, 0.4) is 0 Å². The number of carbonyl (C=O) groups excluding carboxylic acids is 2. The Hall–Kier alpha value is -4.09. The third-order valence-corrected chi connectivity index (χ3v) is 5.85. The molecule has 38 heavy (non-hydrogen) atoms. The summed E-state index contributed by atoms with van der Waals surface area (Å²) < 4.78 is 51.0. The highest BCUT2D eigenvalue weighted by Crippen LogP contribution is 2.35. The number of ether oxygens (including phenoxy) is 1. The topological polar surface area (TPSA) is 101 Å². The second-order valence-electron chi connectivity index (χ2n) is 9.90. The number of likely N-dealkylation sites (N-methyl/N-ethyl adjacent to an activating group) is 1. The Balaban J connectivity index is 1.43. The molecule has 1 atom stereocenters. The molecule has 0 saturated carbocycles. The first-order chi connectivity index (χ1) is 17.8. The van der Waals surface area contributed by atoms with Crippen molar-refractivity contribution in [2.45, 2.75) is 45.0 Å². The maximum absolute atomic E-state index is 13.6. The number of amides is 2. The van der Waals surface area contributed by atoms with Gasteiger partial charge in [-0.2, -0.15) is 13.2 Å². The maximum atomic E-state index is 13.6. The zero-order chi connectivity index (χ0) is 27.7. The molecule has 3 aromatic rings. The summed E-state index contributed by atoms with van der Waals surface area (Å²) in [4.78, 5) is 36.8. The maximum Gasteiger partial charge on any atom is 0.452 e. The first-order valence-corrected chi connectivity index (χ1v) is 11.9. The van der Waals surface area contributed by atoms with Gasteiger partial charge in [-0.3, -0.25) is 4.79 Å². The van der Waals surface area contributed by atoms with Crippen molar-refractivity contribution in [2.24, 2.45) is 0 Å². The van der Waals surface area contributed by atoms with Crippen molar-refractivity contribution in [2.75, 3.05) is 30.4 Å². The van der Waals surface area contributed by atoms with E-state index in [0.717, 1.165) is 0 Å².